The van der Waals surface area contributed by atoms with Crippen molar-refractivity contribution in [1.29, 1.82) is 0 Å². The molecule has 0 amide bonds. The average Bonchev–Trinajstić information content (AvgIpc) is 2.28. The predicted octanol–water partition coefficient (Wildman–Crippen LogP) is 5.46. The Bertz CT molecular complexity index is 466. The van der Waals surface area contributed by atoms with Gasteiger partial charge in [0, 0.05) is 9.80 Å². The zero-order valence-electron chi connectivity index (χ0n) is 11.0. The first-order valence-electron chi connectivity index (χ1n) is 5.77. The van der Waals surface area contributed by atoms with Gasteiger partial charge in [0.25, 0.3) is 0 Å². The lowest BCUT2D eigenvalue weighted by atomic mass is 10.0. The van der Waals surface area contributed by atoms with Gasteiger partial charge < -0.3 is 0 Å². The maximum atomic E-state index is 4.01. The molecule has 0 aliphatic carbocycles. The molecule has 0 bridgehead atoms. The second kappa shape index (κ2) is 5.92. The third-order valence-electron chi connectivity index (χ3n) is 2.63. The molecule has 0 aliphatic heterocycles. The van der Waals surface area contributed by atoms with Crippen LogP contribution in [0.15, 0.2) is 53.3 Å². The fraction of sp³-hybridized carbons (Fsp3) is 0.250. The Balaban J connectivity index is 3.01. The summed E-state index contributed by atoms with van der Waals surface area (Å²) in [6.07, 6.45) is 1.02. The highest BCUT2D eigenvalue weighted by Crippen LogP contribution is 2.32. The van der Waals surface area contributed by atoms with E-state index in [1.54, 1.807) is 11.8 Å². The summed E-state index contributed by atoms with van der Waals surface area (Å²) in [5, 5.41) is 0. The molecule has 0 spiro atoms. The van der Waals surface area contributed by atoms with E-state index >= 15 is 0 Å². The van der Waals surface area contributed by atoms with E-state index in [0.29, 0.717) is 0 Å². The summed E-state index contributed by atoms with van der Waals surface area (Å²) < 4.78 is 0. The molecule has 0 aliphatic rings. The summed E-state index contributed by atoms with van der Waals surface area (Å²) in [6, 6.07) is 6.50. The van der Waals surface area contributed by atoms with E-state index in [0.717, 1.165) is 22.5 Å². The Kier molecular flexibility index (Phi) is 4.83. The number of hydrogen-bond donors (Lipinski definition) is 0. The molecule has 0 aromatic heterocycles. The maximum absolute atomic E-state index is 4.01. The number of rotatable bonds is 5. The lowest BCUT2D eigenvalue weighted by molar-refractivity contribution is 1.11. The van der Waals surface area contributed by atoms with Crippen molar-refractivity contribution >= 4 is 17.3 Å². The zero-order chi connectivity index (χ0) is 13.0. The number of benzene rings is 1. The van der Waals surface area contributed by atoms with Crippen molar-refractivity contribution in [3.8, 4) is 0 Å². The molecular formula is C16H20S. The van der Waals surface area contributed by atoms with Crippen LogP contribution in [0.4, 0.5) is 0 Å². The lowest BCUT2D eigenvalue weighted by Gasteiger charge is -2.11. The van der Waals surface area contributed by atoms with Gasteiger partial charge in [-0.25, -0.2) is 0 Å². The van der Waals surface area contributed by atoms with Gasteiger partial charge in [-0.1, -0.05) is 50.1 Å². The van der Waals surface area contributed by atoms with E-state index in [4.69, 9.17) is 0 Å². The van der Waals surface area contributed by atoms with E-state index < -0.39 is 0 Å². The van der Waals surface area contributed by atoms with Crippen molar-refractivity contribution in [2.45, 2.75) is 32.1 Å². The van der Waals surface area contributed by atoms with Gasteiger partial charge in [-0.3, -0.25) is 0 Å². The Morgan fingerprint density at radius 2 is 1.82 bits per heavy atom. The van der Waals surface area contributed by atoms with Crippen LogP contribution >= 0.6 is 11.8 Å². The van der Waals surface area contributed by atoms with Crippen LogP contribution < -0.4 is 0 Å². The predicted molar refractivity (Wildman–Crippen MR) is 80.3 cm³/mol. The summed E-state index contributed by atoms with van der Waals surface area (Å²) in [5.41, 5.74) is 4.75. The van der Waals surface area contributed by atoms with Crippen molar-refractivity contribution in [1.82, 2.24) is 0 Å². The van der Waals surface area contributed by atoms with Crippen LogP contribution in [0.25, 0.3) is 5.57 Å². The van der Waals surface area contributed by atoms with Crippen LogP contribution in [0.5, 0.6) is 0 Å². The first kappa shape index (κ1) is 13.9. The standard InChI is InChI=1S/C16H20S/c1-7-14-10-15(17-13(6)11(2)3)8-9-16(14)12(4)5/h8-10H,2,4,6-7H2,1,3,5H3. The van der Waals surface area contributed by atoms with Gasteiger partial charge in [-0.2, -0.15) is 0 Å². The Labute approximate surface area is 109 Å². The summed E-state index contributed by atoms with van der Waals surface area (Å²) in [6.45, 7) is 18.1. The molecule has 1 aromatic carbocycles. The fourth-order valence-corrected chi connectivity index (χ4v) is 2.37. The van der Waals surface area contributed by atoms with E-state index in [2.05, 4.69) is 44.9 Å². The fourth-order valence-electron chi connectivity index (χ4n) is 1.57. The molecule has 1 aromatic rings. The van der Waals surface area contributed by atoms with Crippen molar-refractivity contribution in [2.75, 3.05) is 0 Å². The maximum Gasteiger partial charge on any atom is 0.0125 e. The van der Waals surface area contributed by atoms with Crippen LogP contribution in [0, 0.1) is 0 Å². The minimum Gasteiger partial charge on any atom is -0.0955 e. The molecule has 0 saturated carbocycles. The van der Waals surface area contributed by atoms with Crippen LogP contribution in [0.1, 0.15) is 31.9 Å². The summed E-state index contributed by atoms with van der Waals surface area (Å²) in [4.78, 5) is 2.25. The quantitative estimate of drug-likeness (QED) is 0.489. The van der Waals surface area contributed by atoms with Crippen LogP contribution in [-0.4, -0.2) is 0 Å². The van der Waals surface area contributed by atoms with Gasteiger partial charge in [0.1, 0.15) is 0 Å². The number of thioether (sulfide) groups is 1. The molecule has 0 atom stereocenters. The van der Waals surface area contributed by atoms with Crippen LogP contribution in [-0.2, 0) is 6.42 Å². The largest absolute Gasteiger partial charge is 0.0955 e. The van der Waals surface area contributed by atoms with Crippen molar-refractivity contribution < 1.29 is 0 Å². The molecule has 90 valence electrons. The van der Waals surface area contributed by atoms with Crippen molar-refractivity contribution in [2.24, 2.45) is 0 Å². The molecule has 0 nitrogen and oxygen atoms in total. The number of hydrogen-bond acceptors (Lipinski definition) is 1. The second-order valence-corrected chi connectivity index (χ2v) is 5.43. The molecule has 0 unspecified atom stereocenters. The molecule has 0 radical (unpaired) electrons. The SMILES string of the molecule is C=C(C)C(=C)Sc1ccc(C(=C)C)c(CC)c1. The normalized spacial score (nSPS) is 10.1. The molecule has 0 N–H and O–H groups in total. The van der Waals surface area contributed by atoms with E-state index in [1.807, 2.05) is 13.8 Å². The molecule has 17 heavy (non-hydrogen) atoms. The van der Waals surface area contributed by atoms with Gasteiger partial charge in [0.15, 0.2) is 0 Å². The first-order chi connectivity index (χ1) is 7.95. The summed E-state index contributed by atoms with van der Waals surface area (Å²) in [7, 11) is 0. The number of aryl methyl sites for hydroxylation is 1. The molecule has 0 saturated heterocycles. The van der Waals surface area contributed by atoms with Crippen LogP contribution in [0.3, 0.4) is 0 Å². The van der Waals surface area contributed by atoms with Crippen molar-refractivity contribution in [3.63, 3.8) is 0 Å². The summed E-state index contributed by atoms with van der Waals surface area (Å²) >= 11 is 1.68. The monoisotopic (exact) mass is 244 g/mol. The third kappa shape index (κ3) is 3.64. The highest BCUT2D eigenvalue weighted by atomic mass is 32.2. The number of allylic oxidation sites excluding steroid dienone is 2. The lowest BCUT2D eigenvalue weighted by Crippen LogP contribution is -1.90. The third-order valence-corrected chi connectivity index (χ3v) is 3.72. The molecular weight excluding hydrogens is 224 g/mol. The van der Waals surface area contributed by atoms with E-state index in [-0.39, 0.29) is 0 Å². The highest BCUT2D eigenvalue weighted by molar-refractivity contribution is 8.03. The molecule has 0 heterocycles. The molecule has 1 heteroatoms. The van der Waals surface area contributed by atoms with Gasteiger partial charge in [0.05, 0.1) is 0 Å². The van der Waals surface area contributed by atoms with Gasteiger partial charge in [-0.05, 0) is 49.1 Å². The topological polar surface area (TPSA) is 0 Å². The van der Waals surface area contributed by atoms with Crippen molar-refractivity contribution in [3.05, 3.63) is 59.5 Å². The second-order valence-electron chi connectivity index (χ2n) is 4.26. The Hall–Kier alpha value is -1.21. The van der Waals surface area contributed by atoms with Gasteiger partial charge in [0.2, 0.25) is 0 Å². The average molecular weight is 244 g/mol. The Morgan fingerprint density at radius 3 is 2.29 bits per heavy atom. The molecule has 1 rings (SSSR count). The minimum atomic E-state index is 1.02. The van der Waals surface area contributed by atoms with E-state index in [1.165, 1.54) is 16.0 Å². The van der Waals surface area contributed by atoms with Gasteiger partial charge in [-0.15, -0.1) is 0 Å². The first-order valence-corrected chi connectivity index (χ1v) is 6.58. The van der Waals surface area contributed by atoms with E-state index in [9.17, 15) is 0 Å². The zero-order valence-corrected chi connectivity index (χ0v) is 11.8. The van der Waals surface area contributed by atoms with Gasteiger partial charge >= 0.3 is 0 Å². The molecule has 0 fully saturated rings. The van der Waals surface area contributed by atoms with Crippen LogP contribution in [0.2, 0.25) is 0 Å². The Morgan fingerprint density at radius 1 is 1.18 bits per heavy atom. The smallest absolute Gasteiger partial charge is 0.0125 e. The highest BCUT2D eigenvalue weighted by Gasteiger charge is 2.05. The summed E-state index contributed by atoms with van der Waals surface area (Å²) in [5.74, 6) is 0. The minimum absolute atomic E-state index is 1.02.